The summed E-state index contributed by atoms with van der Waals surface area (Å²) in [5.74, 6) is 1.22. The van der Waals surface area contributed by atoms with Gasteiger partial charge in [0.05, 0.1) is 13.7 Å². The number of nitrogens with zero attached hydrogens (tertiary/aromatic N) is 2. The second-order valence-electron chi connectivity index (χ2n) is 6.42. The molecule has 0 aliphatic carbocycles. The van der Waals surface area contributed by atoms with Crippen LogP contribution in [0.3, 0.4) is 0 Å². The number of nitrogens with two attached hydrogens (primary N) is 1. The van der Waals surface area contributed by atoms with Gasteiger partial charge in [0.2, 0.25) is 0 Å². The third-order valence-electron chi connectivity index (χ3n) is 4.65. The van der Waals surface area contributed by atoms with Crippen molar-refractivity contribution >= 4 is 35.6 Å². The zero-order chi connectivity index (χ0) is 17.6. The molecule has 0 amide bonds. The number of fused-ring (bicyclic) bond motifs is 1. The van der Waals surface area contributed by atoms with Gasteiger partial charge in [-0.15, -0.1) is 24.0 Å². The van der Waals surface area contributed by atoms with E-state index in [9.17, 15) is 0 Å². The van der Waals surface area contributed by atoms with E-state index in [2.05, 4.69) is 46.4 Å². The third-order valence-corrected chi connectivity index (χ3v) is 4.65. The predicted octanol–water partition coefficient (Wildman–Crippen LogP) is 3.49. The first-order valence-electron chi connectivity index (χ1n) is 8.67. The molecular weight excluding hydrogens is 439 g/mol. The predicted molar refractivity (Wildman–Crippen MR) is 119 cm³/mol. The van der Waals surface area contributed by atoms with Crippen molar-refractivity contribution in [3.8, 4) is 5.75 Å². The number of nitrogens with one attached hydrogen (secondary N) is 1. The molecule has 0 aromatic heterocycles. The van der Waals surface area contributed by atoms with Crippen LogP contribution in [0.15, 0.2) is 53.5 Å². The van der Waals surface area contributed by atoms with Gasteiger partial charge < -0.3 is 15.8 Å². The second kappa shape index (κ2) is 9.78. The summed E-state index contributed by atoms with van der Waals surface area (Å²) >= 11 is 0. The summed E-state index contributed by atoms with van der Waals surface area (Å²) < 4.78 is 5.22. The molecule has 0 spiro atoms. The molecule has 3 N–H and O–H groups in total. The smallest absolute Gasteiger partial charge is 0.193 e. The van der Waals surface area contributed by atoms with E-state index < -0.39 is 0 Å². The van der Waals surface area contributed by atoms with Crippen LogP contribution in [-0.4, -0.2) is 37.1 Å². The fourth-order valence-corrected chi connectivity index (χ4v) is 3.13. The number of methoxy groups -OCH3 is 1. The van der Waals surface area contributed by atoms with Crippen LogP contribution in [0.4, 0.5) is 5.69 Å². The van der Waals surface area contributed by atoms with Crippen molar-refractivity contribution < 1.29 is 4.74 Å². The molecule has 1 aliphatic heterocycles. The van der Waals surface area contributed by atoms with E-state index in [1.807, 2.05) is 24.3 Å². The van der Waals surface area contributed by atoms with Gasteiger partial charge in [0.25, 0.3) is 0 Å². The number of rotatable bonds is 5. The number of guanidine groups is 1. The SMILES string of the molecule is COc1cccc(NC(N)=NCC(C)N2CCc3ccccc3C2)c1.I. The Morgan fingerprint density at radius 1 is 1.23 bits per heavy atom. The number of hydrogen-bond donors (Lipinski definition) is 2. The molecule has 6 heteroatoms. The Morgan fingerprint density at radius 3 is 2.77 bits per heavy atom. The number of ether oxygens (including phenoxy) is 1. The molecule has 1 heterocycles. The van der Waals surface area contributed by atoms with Gasteiger partial charge in [-0.25, -0.2) is 0 Å². The van der Waals surface area contributed by atoms with Crippen LogP contribution >= 0.6 is 24.0 Å². The second-order valence-corrected chi connectivity index (χ2v) is 6.42. The minimum atomic E-state index is 0. The maximum absolute atomic E-state index is 6.03. The molecule has 26 heavy (non-hydrogen) atoms. The summed E-state index contributed by atoms with van der Waals surface area (Å²) in [6.45, 7) is 4.92. The molecule has 0 radical (unpaired) electrons. The molecule has 0 bridgehead atoms. The first-order valence-corrected chi connectivity index (χ1v) is 8.67. The van der Waals surface area contributed by atoms with Crippen molar-refractivity contribution in [2.45, 2.75) is 25.9 Å². The maximum atomic E-state index is 6.03. The van der Waals surface area contributed by atoms with Crippen molar-refractivity contribution in [3.05, 3.63) is 59.7 Å². The molecule has 0 fully saturated rings. The van der Waals surface area contributed by atoms with E-state index in [4.69, 9.17) is 10.5 Å². The number of aliphatic imine (C=N–C) groups is 1. The fraction of sp³-hybridized carbons (Fsp3) is 0.350. The van der Waals surface area contributed by atoms with Gasteiger partial charge in [-0.3, -0.25) is 9.89 Å². The van der Waals surface area contributed by atoms with E-state index in [-0.39, 0.29) is 24.0 Å². The van der Waals surface area contributed by atoms with Gasteiger partial charge >= 0.3 is 0 Å². The standard InChI is InChI=1S/C20H26N4O.HI/c1-15(24-11-10-16-6-3-4-7-17(16)14-24)13-22-20(21)23-18-8-5-9-19(12-18)25-2;/h3-9,12,15H,10-11,13-14H2,1-2H3,(H3,21,22,23);1H. The molecular formula is C20H27IN4O. The van der Waals surface area contributed by atoms with E-state index >= 15 is 0 Å². The molecule has 1 unspecified atom stereocenters. The van der Waals surface area contributed by atoms with Crippen molar-refractivity contribution in [2.24, 2.45) is 10.7 Å². The van der Waals surface area contributed by atoms with Crippen LogP contribution in [0.1, 0.15) is 18.1 Å². The number of halogens is 1. The van der Waals surface area contributed by atoms with E-state index in [1.54, 1.807) is 7.11 Å². The van der Waals surface area contributed by atoms with Crippen LogP contribution in [0, 0.1) is 0 Å². The average Bonchev–Trinajstić information content (AvgIpc) is 2.65. The molecule has 2 aromatic rings. The summed E-state index contributed by atoms with van der Waals surface area (Å²) in [5.41, 5.74) is 9.80. The van der Waals surface area contributed by atoms with Gasteiger partial charge in [-0.2, -0.15) is 0 Å². The van der Waals surface area contributed by atoms with E-state index in [1.165, 1.54) is 11.1 Å². The van der Waals surface area contributed by atoms with Crippen LogP contribution in [-0.2, 0) is 13.0 Å². The molecule has 5 nitrogen and oxygen atoms in total. The van der Waals surface area contributed by atoms with Crippen molar-refractivity contribution in [3.63, 3.8) is 0 Å². The van der Waals surface area contributed by atoms with Gasteiger partial charge in [0.15, 0.2) is 5.96 Å². The van der Waals surface area contributed by atoms with Crippen molar-refractivity contribution in [1.82, 2.24) is 4.90 Å². The monoisotopic (exact) mass is 466 g/mol. The first-order chi connectivity index (χ1) is 12.2. The summed E-state index contributed by atoms with van der Waals surface area (Å²) in [6.07, 6.45) is 1.10. The van der Waals surface area contributed by atoms with Gasteiger partial charge in [-0.05, 0) is 36.6 Å². The molecule has 140 valence electrons. The molecule has 0 saturated heterocycles. The van der Waals surface area contributed by atoms with Gasteiger partial charge in [0, 0.05) is 30.9 Å². The Kier molecular flexibility index (Phi) is 7.71. The van der Waals surface area contributed by atoms with Crippen LogP contribution in [0.2, 0.25) is 0 Å². The Labute approximate surface area is 172 Å². The summed E-state index contributed by atoms with van der Waals surface area (Å²) in [5, 5.41) is 3.12. The minimum absolute atomic E-state index is 0. The zero-order valence-electron chi connectivity index (χ0n) is 15.3. The fourth-order valence-electron chi connectivity index (χ4n) is 3.13. The molecule has 2 aromatic carbocycles. The minimum Gasteiger partial charge on any atom is -0.497 e. The Morgan fingerprint density at radius 2 is 2.00 bits per heavy atom. The zero-order valence-corrected chi connectivity index (χ0v) is 17.6. The highest BCUT2D eigenvalue weighted by molar-refractivity contribution is 14.0. The maximum Gasteiger partial charge on any atom is 0.193 e. The average molecular weight is 466 g/mol. The highest BCUT2D eigenvalue weighted by Crippen LogP contribution is 2.20. The lowest BCUT2D eigenvalue weighted by atomic mass is 9.99. The highest BCUT2D eigenvalue weighted by Gasteiger charge is 2.20. The lowest BCUT2D eigenvalue weighted by molar-refractivity contribution is 0.195. The summed E-state index contributed by atoms with van der Waals surface area (Å²) in [7, 11) is 1.65. The van der Waals surface area contributed by atoms with Gasteiger partial charge in [0.1, 0.15) is 5.75 Å². The van der Waals surface area contributed by atoms with E-state index in [0.717, 1.165) is 30.9 Å². The molecule has 1 atom stereocenters. The topological polar surface area (TPSA) is 62.9 Å². The summed E-state index contributed by atoms with van der Waals surface area (Å²) in [4.78, 5) is 6.97. The lowest BCUT2D eigenvalue weighted by Crippen LogP contribution is -2.39. The number of hydrogen-bond acceptors (Lipinski definition) is 3. The number of benzene rings is 2. The quantitative estimate of drug-likeness (QED) is 0.403. The van der Waals surface area contributed by atoms with Crippen molar-refractivity contribution in [1.29, 1.82) is 0 Å². The van der Waals surface area contributed by atoms with Crippen LogP contribution < -0.4 is 15.8 Å². The van der Waals surface area contributed by atoms with Crippen molar-refractivity contribution in [2.75, 3.05) is 25.5 Å². The Hall–Kier alpha value is -1.80. The first kappa shape index (κ1) is 20.5. The van der Waals surface area contributed by atoms with E-state index in [0.29, 0.717) is 18.5 Å². The molecule has 1 aliphatic rings. The van der Waals surface area contributed by atoms with Gasteiger partial charge in [-0.1, -0.05) is 30.3 Å². The summed E-state index contributed by atoms with van der Waals surface area (Å²) in [6, 6.07) is 16.7. The Balaban J connectivity index is 0.00000243. The number of anilines is 1. The lowest BCUT2D eigenvalue weighted by Gasteiger charge is -2.33. The van der Waals surface area contributed by atoms with Crippen LogP contribution in [0.25, 0.3) is 0 Å². The Bertz CT molecular complexity index is 750. The normalized spacial score (nSPS) is 15.5. The molecule has 3 rings (SSSR count). The largest absolute Gasteiger partial charge is 0.497 e. The van der Waals surface area contributed by atoms with Crippen LogP contribution in [0.5, 0.6) is 5.75 Å². The third kappa shape index (κ3) is 5.35. The highest BCUT2D eigenvalue weighted by atomic mass is 127. The molecule has 0 saturated carbocycles.